The Bertz CT molecular complexity index is 619. The summed E-state index contributed by atoms with van der Waals surface area (Å²) < 4.78 is 31.5. The van der Waals surface area contributed by atoms with Crippen molar-refractivity contribution in [3.8, 4) is 0 Å². The summed E-state index contributed by atoms with van der Waals surface area (Å²) in [4.78, 5) is 10.6. The van der Waals surface area contributed by atoms with Crippen LogP contribution in [0.4, 0.5) is 0 Å². The Balaban J connectivity index is 2.16. The molecular formula is C11H14BrNO5S2. The number of sulfonamides is 1. The molecule has 1 unspecified atom stereocenters. The molecule has 0 spiro atoms. The third-order valence-corrected chi connectivity index (χ3v) is 6.89. The molecule has 1 aliphatic rings. The molecule has 0 saturated carbocycles. The fraction of sp³-hybridized carbons (Fsp3) is 0.545. The highest BCUT2D eigenvalue weighted by Crippen LogP contribution is 2.37. The van der Waals surface area contributed by atoms with Crippen LogP contribution in [-0.2, 0) is 10.0 Å². The van der Waals surface area contributed by atoms with Crippen molar-refractivity contribution in [3.05, 3.63) is 16.5 Å². The molecule has 0 aliphatic carbocycles. The van der Waals surface area contributed by atoms with E-state index in [1.165, 1.54) is 0 Å². The molecule has 6 nitrogen and oxygen atoms in total. The van der Waals surface area contributed by atoms with Gasteiger partial charge in [-0.3, -0.25) is 0 Å². The molecule has 1 aliphatic heterocycles. The lowest BCUT2D eigenvalue weighted by atomic mass is 10.1. The maximum absolute atomic E-state index is 12.2. The minimum absolute atomic E-state index is 0.105. The van der Waals surface area contributed by atoms with Crippen molar-refractivity contribution in [2.75, 3.05) is 12.3 Å². The van der Waals surface area contributed by atoms with E-state index in [1.54, 1.807) is 11.8 Å². The lowest BCUT2D eigenvalue weighted by molar-refractivity contribution is 0.0661. The monoisotopic (exact) mass is 383 g/mol. The molecular weight excluding hydrogens is 370 g/mol. The molecule has 2 heterocycles. The van der Waals surface area contributed by atoms with Crippen molar-refractivity contribution in [3.63, 3.8) is 0 Å². The van der Waals surface area contributed by atoms with Crippen LogP contribution in [0.2, 0.25) is 0 Å². The van der Waals surface area contributed by atoms with Gasteiger partial charge >= 0.3 is 5.97 Å². The van der Waals surface area contributed by atoms with Crippen LogP contribution in [0.25, 0.3) is 0 Å². The van der Waals surface area contributed by atoms with Gasteiger partial charge in [-0.15, -0.1) is 0 Å². The molecule has 112 valence electrons. The summed E-state index contributed by atoms with van der Waals surface area (Å²) in [6.07, 6.45) is 2.02. The number of hydrogen-bond donors (Lipinski definition) is 2. The van der Waals surface area contributed by atoms with E-state index >= 15 is 0 Å². The first kappa shape index (κ1) is 15.9. The summed E-state index contributed by atoms with van der Waals surface area (Å²) in [7, 11) is -3.80. The average Bonchev–Trinajstić information content (AvgIpc) is 2.94. The fourth-order valence-electron chi connectivity index (χ4n) is 1.94. The van der Waals surface area contributed by atoms with Crippen LogP contribution in [0.5, 0.6) is 0 Å². The van der Waals surface area contributed by atoms with E-state index in [2.05, 4.69) is 20.7 Å². The zero-order valence-electron chi connectivity index (χ0n) is 10.7. The minimum atomic E-state index is -3.80. The van der Waals surface area contributed by atoms with Crippen molar-refractivity contribution >= 4 is 43.7 Å². The van der Waals surface area contributed by atoms with E-state index in [1.807, 2.05) is 6.92 Å². The van der Waals surface area contributed by atoms with Crippen LogP contribution in [0, 0.1) is 0 Å². The summed E-state index contributed by atoms with van der Waals surface area (Å²) in [5, 5.41) is 8.80. The highest BCUT2D eigenvalue weighted by atomic mass is 79.9. The minimum Gasteiger partial charge on any atom is -0.475 e. The molecule has 20 heavy (non-hydrogen) atoms. The summed E-state index contributed by atoms with van der Waals surface area (Å²) >= 11 is 4.67. The van der Waals surface area contributed by atoms with Crippen LogP contribution < -0.4 is 4.72 Å². The number of thioether (sulfide) groups is 1. The van der Waals surface area contributed by atoms with E-state index in [0.29, 0.717) is 6.54 Å². The highest BCUT2D eigenvalue weighted by Gasteiger charge is 2.32. The lowest BCUT2D eigenvalue weighted by Gasteiger charge is -2.22. The van der Waals surface area contributed by atoms with Gasteiger partial charge in [-0.1, -0.05) is 0 Å². The number of furan rings is 1. The second kappa shape index (κ2) is 5.70. The van der Waals surface area contributed by atoms with Crippen LogP contribution in [-0.4, -0.2) is 36.5 Å². The van der Waals surface area contributed by atoms with Crippen LogP contribution in [0.3, 0.4) is 0 Å². The molecule has 0 bridgehead atoms. The summed E-state index contributed by atoms with van der Waals surface area (Å²) in [5.74, 6) is -0.708. The zero-order chi connectivity index (χ0) is 15.0. The lowest BCUT2D eigenvalue weighted by Crippen LogP contribution is -2.36. The molecule has 1 atom stereocenters. The van der Waals surface area contributed by atoms with Gasteiger partial charge < -0.3 is 9.52 Å². The topological polar surface area (TPSA) is 96.6 Å². The number of halogens is 1. The van der Waals surface area contributed by atoms with Gasteiger partial charge in [-0.25, -0.2) is 17.9 Å². The van der Waals surface area contributed by atoms with E-state index < -0.39 is 21.8 Å². The van der Waals surface area contributed by atoms with Crippen molar-refractivity contribution < 1.29 is 22.7 Å². The zero-order valence-corrected chi connectivity index (χ0v) is 13.9. The maximum atomic E-state index is 12.2. The van der Waals surface area contributed by atoms with Crippen molar-refractivity contribution in [1.29, 1.82) is 0 Å². The van der Waals surface area contributed by atoms with Gasteiger partial charge in [0.2, 0.25) is 15.8 Å². The quantitative estimate of drug-likeness (QED) is 0.809. The Hall–Kier alpha value is -0.510. The van der Waals surface area contributed by atoms with E-state index in [-0.39, 0.29) is 14.3 Å². The molecule has 1 fully saturated rings. The third kappa shape index (κ3) is 3.38. The van der Waals surface area contributed by atoms with Crippen molar-refractivity contribution in [2.45, 2.75) is 29.4 Å². The summed E-state index contributed by atoms with van der Waals surface area (Å²) in [6.45, 7) is 2.32. The average molecular weight is 384 g/mol. The Labute approximate surface area is 129 Å². The third-order valence-electron chi connectivity index (χ3n) is 3.09. The van der Waals surface area contributed by atoms with E-state index in [4.69, 9.17) is 9.52 Å². The SMILES string of the molecule is CC1(CNS(=O)(=O)c2cc(C(=O)O)oc2Br)CCCS1. The van der Waals surface area contributed by atoms with Crippen molar-refractivity contribution in [1.82, 2.24) is 4.72 Å². The summed E-state index contributed by atoms with van der Waals surface area (Å²) in [5.41, 5.74) is 0. The molecule has 0 radical (unpaired) electrons. The van der Waals surface area contributed by atoms with Crippen LogP contribution >= 0.6 is 27.7 Å². The summed E-state index contributed by atoms with van der Waals surface area (Å²) in [6, 6.07) is 0.999. The smallest absolute Gasteiger partial charge is 0.371 e. The number of aromatic carboxylic acids is 1. The van der Waals surface area contributed by atoms with Gasteiger partial charge in [0.05, 0.1) is 0 Å². The van der Waals surface area contributed by atoms with Gasteiger partial charge in [-0.05, 0) is 41.4 Å². The molecule has 1 aromatic rings. The number of nitrogens with one attached hydrogen (secondary N) is 1. The number of rotatable bonds is 5. The highest BCUT2D eigenvalue weighted by molar-refractivity contribution is 9.10. The number of carboxylic acid groups (broad SMARTS) is 1. The normalized spacial score (nSPS) is 23.1. The second-order valence-electron chi connectivity index (χ2n) is 4.78. The molecule has 9 heteroatoms. The molecule has 2 N–H and O–H groups in total. The number of carbonyl (C=O) groups is 1. The predicted octanol–water partition coefficient (Wildman–Crippen LogP) is 2.30. The largest absolute Gasteiger partial charge is 0.475 e. The van der Waals surface area contributed by atoms with Gasteiger partial charge in [0.1, 0.15) is 4.90 Å². The van der Waals surface area contributed by atoms with Gasteiger partial charge in [-0.2, -0.15) is 11.8 Å². The van der Waals surface area contributed by atoms with Gasteiger partial charge in [0, 0.05) is 17.4 Å². The molecule has 1 aromatic heterocycles. The standard InChI is InChI=1S/C11H14BrNO5S2/c1-11(3-2-4-19-11)6-13-20(16,17)8-5-7(10(14)15)18-9(8)12/h5,13H,2-4,6H2,1H3,(H,14,15). The second-order valence-corrected chi connectivity index (χ2v) is 8.92. The van der Waals surface area contributed by atoms with Gasteiger partial charge in [0.15, 0.2) is 4.67 Å². The maximum Gasteiger partial charge on any atom is 0.371 e. The molecule has 2 rings (SSSR count). The Morgan fingerprint density at radius 3 is 2.85 bits per heavy atom. The first-order chi connectivity index (χ1) is 9.23. The Morgan fingerprint density at radius 2 is 2.35 bits per heavy atom. The molecule has 0 aromatic carbocycles. The van der Waals surface area contributed by atoms with E-state index in [9.17, 15) is 13.2 Å². The number of carboxylic acids is 1. The Morgan fingerprint density at radius 1 is 1.65 bits per heavy atom. The first-order valence-corrected chi connectivity index (χ1v) is 9.16. The Kier molecular flexibility index (Phi) is 4.53. The van der Waals surface area contributed by atoms with Crippen LogP contribution in [0.15, 0.2) is 20.0 Å². The molecule has 1 saturated heterocycles. The first-order valence-electron chi connectivity index (χ1n) is 5.90. The van der Waals surface area contributed by atoms with Gasteiger partial charge in [0.25, 0.3) is 0 Å². The van der Waals surface area contributed by atoms with E-state index in [0.717, 1.165) is 24.7 Å². The van der Waals surface area contributed by atoms with Crippen molar-refractivity contribution in [2.24, 2.45) is 0 Å². The molecule has 0 amide bonds. The van der Waals surface area contributed by atoms with Crippen LogP contribution in [0.1, 0.15) is 30.3 Å². The fourth-order valence-corrected chi connectivity index (χ4v) is 5.39. The predicted molar refractivity (Wildman–Crippen MR) is 78.7 cm³/mol. The number of hydrogen-bond acceptors (Lipinski definition) is 5.